The molecule has 3 rings (SSSR count). The van der Waals surface area contributed by atoms with Crippen LogP contribution in [0.5, 0.6) is 0 Å². The maximum absolute atomic E-state index is 12.6. The number of hydrogen-bond donors (Lipinski definition) is 1. The molecular formula is C15H17BrN8O4. The first-order valence-electron chi connectivity index (χ1n) is 8.06. The van der Waals surface area contributed by atoms with Gasteiger partial charge in [0, 0.05) is 0 Å². The van der Waals surface area contributed by atoms with Gasteiger partial charge >= 0.3 is 17.5 Å². The summed E-state index contributed by atoms with van der Waals surface area (Å²) in [5.41, 5.74) is 0.297. The molecule has 28 heavy (non-hydrogen) atoms. The predicted molar refractivity (Wildman–Crippen MR) is 101 cm³/mol. The molecule has 12 nitrogen and oxygen atoms in total. The Bertz CT molecular complexity index is 1120. The lowest BCUT2D eigenvalue weighted by molar-refractivity contribution is 0.0602. The minimum absolute atomic E-state index is 0.176. The van der Waals surface area contributed by atoms with E-state index in [0.717, 1.165) is 9.47 Å². The van der Waals surface area contributed by atoms with Crippen LogP contribution in [0.15, 0.2) is 45.0 Å². The van der Waals surface area contributed by atoms with E-state index >= 15 is 0 Å². The van der Waals surface area contributed by atoms with Gasteiger partial charge in [0.15, 0.2) is 0 Å². The number of hydrogen-bond acceptors (Lipinski definition) is 7. The molecule has 3 aromatic heterocycles. The van der Waals surface area contributed by atoms with Gasteiger partial charge in [-0.2, -0.15) is 14.8 Å². The average Bonchev–Trinajstić information content (AvgIpc) is 3.11. The zero-order valence-electron chi connectivity index (χ0n) is 15.2. The number of pyridine rings is 1. The van der Waals surface area contributed by atoms with Gasteiger partial charge in [-0.25, -0.2) is 34.0 Å². The van der Waals surface area contributed by atoms with Gasteiger partial charge < -0.3 is 4.74 Å². The number of nitrogens with zero attached hydrogens (tertiary/aromatic N) is 7. The molecule has 0 aromatic carbocycles. The Morgan fingerprint density at radius 3 is 2.68 bits per heavy atom. The molecule has 0 aliphatic rings. The summed E-state index contributed by atoms with van der Waals surface area (Å²) in [7, 11) is 0. The summed E-state index contributed by atoms with van der Waals surface area (Å²) in [6.45, 7) is 4.89. The molecule has 1 N–H and O–H groups in total. The molecule has 0 saturated carbocycles. The van der Waals surface area contributed by atoms with Crippen LogP contribution in [0.25, 0.3) is 5.82 Å². The Morgan fingerprint density at radius 2 is 2.00 bits per heavy atom. The Balaban J connectivity index is 1.85. The number of ether oxygens (including phenoxy) is 1. The second kappa shape index (κ2) is 7.42. The van der Waals surface area contributed by atoms with Crippen LogP contribution in [-0.4, -0.2) is 45.5 Å². The minimum atomic E-state index is -0.840. The van der Waals surface area contributed by atoms with Crippen LogP contribution < -0.4 is 16.8 Å². The van der Waals surface area contributed by atoms with Crippen LogP contribution in [0.2, 0.25) is 0 Å². The van der Waals surface area contributed by atoms with Crippen molar-refractivity contribution in [2.24, 2.45) is 0 Å². The van der Waals surface area contributed by atoms with Gasteiger partial charge in [0.1, 0.15) is 35.3 Å². The van der Waals surface area contributed by atoms with Crippen molar-refractivity contribution in [3.63, 3.8) is 0 Å². The van der Waals surface area contributed by atoms with Crippen molar-refractivity contribution in [3.8, 4) is 5.82 Å². The Hall–Kier alpha value is -3.22. The molecule has 0 fully saturated rings. The third-order valence-electron chi connectivity index (χ3n) is 3.30. The maximum atomic E-state index is 12.6. The molecule has 148 valence electrons. The highest BCUT2D eigenvalue weighted by Crippen LogP contribution is 2.08. The van der Waals surface area contributed by atoms with E-state index in [4.69, 9.17) is 4.74 Å². The smallest absolute Gasteiger partial charge is 0.428 e. The van der Waals surface area contributed by atoms with E-state index in [1.165, 1.54) is 21.9 Å². The Labute approximate surface area is 166 Å². The SMILES string of the molecule is CC(C)(C)OC(=O)Nn1c(=O)ncn1Cn1ncn(-c2cccc(Br)n2)c1=O. The molecule has 0 aliphatic heterocycles. The summed E-state index contributed by atoms with van der Waals surface area (Å²) < 4.78 is 9.21. The van der Waals surface area contributed by atoms with Crippen LogP contribution in [0.1, 0.15) is 20.8 Å². The molecule has 3 aromatic rings. The number of nitrogens with one attached hydrogen (secondary N) is 1. The number of carbonyl (C=O) groups excluding carboxylic acids is 1. The first-order chi connectivity index (χ1) is 13.1. The summed E-state index contributed by atoms with van der Waals surface area (Å²) in [5.74, 6) is 0.375. The fraction of sp³-hybridized carbons (Fsp3) is 0.333. The lowest BCUT2D eigenvalue weighted by Gasteiger charge is -2.20. The van der Waals surface area contributed by atoms with Gasteiger partial charge in [0.25, 0.3) is 0 Å². The Morgan fingerprint density at radius 1 is 1.25 bits per heavy atom. The largest absolute Gasteiger partial charge is 0.443 e. The van der Waals surface area contributed by atoms with Gasteiger partial charge in [-0.3, -0.25) is 0 Å². The van der Waals surface area contributed by atoms with Crippen molar-refractivity contribution in [3.05, 3.63) is 56.4 Å². The number of rotatable bonds is 4. The standard InChI is InChI=1S/C15H17BrN8O4/c1-15(2,3)28-13(26)20-24-12(25)17-7-21(24)9-23-14(27)22(8-18-23)11-6-4-5-10(16)19-11/h4-8H,9H2,1-3H3,(H,20,26). The summed E-state index contributed by atoms with van der Waals surface area (Å²) >= 11 is 3.24. The van der Waals surface area contributed by atoms with Crippen LogP contribution >= 0.6 is 15.9 Å². The average molecular weight is 453 g/mol. The fourth-order valence-electron chi connectivity index (χ4n) is 2.19. The monoisotopic (exact) mass is 452 g/mol. The van der Waals surface area contributed by atoms with E-state index in [-0.39, 0.29) is 6.67 Å². The van der Waals surface area contributed by atoms with Crippen molar-refractivity contribution in [1.82, 2.24) is 33.8 Å². The Kier molecular flexibility index (Phi) is 5.18. The van der Waals surface area contributed by atoms with Crippen LogP contribution in [0, 0.1) is 0 Å². The summed E-state index contributed by atoms with van der Waals surface area (Å²) in [5, 5.41) is 4.01. The predicted octanol–water partition coefficient (Wildman–Crippen LogP) is 0.534. The highest BCUT2D eigenvalue weighted by atomic mass is 79.9. The van der Waals surface area contributed by atoms with Gasteiger partial charge in [0.2, 0.25) is 0 Å². The van der Waals surface area contributed by atoms with Crippen molar-refractivity contribution < 1.29 is 9.53 Å². The van der Waals surface area contributed by atoms with E-state index in [1.54, 1.807) is 39.0 Å². The normalized spacial score (nSPS) is 11.4. The lowest BCUT2D eigenvalue weighted by atomic mass is 10.2. The van der Waals surface area contributed by atoms with Crippen molar-refractivity contribution in [2.45, 2.75) is 33.0 Å². The van der Waals surface area contributed by atoms with Crippen molar-refractivity contribution in [1.29, 1.82) is 0 Å². The van der Waals surface area contributed by atoms with Crippen molar-refractivity contribution >= 4 is 22.0 Å². The number of carbonyl (C=O) groups is 1. The molecular weight excluding hydrogens is 436 g/mol. The molecule has 0 aliphatic carbocycles. The third kappa shape index (κ3) is 4.36. The highest BCUT2D eigenvalue weighted by Gasteiger charge is 2.18. The minimum Gasteiger partial charge on any atom is -0.443 e. The topological polar surface area (TPSA) is 131 Å². The summed E-state index contributed by atoms with van der Waals surface area (Å²) in [4.78, 5) is 45.1. The zero-order valence-corrected chi connectivity index (χ0v) is 16.8. The molecule has 0 bridgehead atoms. The number of halogens is 1. The molecule has 0 atom stereocenters. The first kappa shape index (κ1) is 19.5. The van der Waals surface area contributed by atoms with Crippen LogP contribution in [-0.2, 0) is 11.4 Å². The van der Waals surface area contributed by atoms with E-state index in [9.17, 15) is 14.4 Å². The zero-order chi connectivity index (χ0) is 20.5. The second-order valence-corrected chi connectivity index (χ2v) is 7.45. The molecule has 0 saturated heterocycles. The summed E-state index contributed by atoms with van der Waals surface area (Å²) in [6, 6.07) is 5.11. The van der Waals surface area contributed by atoms with Crippen LogP contribution in [0.4, 0.5) is 4.79 Å². The molecule has 0 radical (unpaired) electrons. The molecule has 1 amide bonds. The van der Waals surface area contributed by atoms with E-state index in [0.29, 0.717) is 10.4 Å². The lowest BCUT2D eigenvalue weighted by Crippen LogP contribution is -2.40. The van der Waals surface area contributed by atoms with E-state index in [2.05, 4.69) is 36.4 Å². The van der Waals surface area contributed by atoms with E-state index in [1.807, 2.05) is 0 Å². The van der Waals surface area contributed by atoms with E-state index < -0.39 is 23.1 Å². The number of aromatic nitrogens is 7. The van der Waals surface area contributed by atoms with Crippen LogP contribution in [0.3, 0.4) is 0 Å². The molecule has 3 heterocycles. The van der Waals surface area contributed by atoms with Gasteiger partial charge in [0.05, 0.1) is 0 Å². The molecule has 13 heteroatoms. The fourth-order valence-corrected chi connectivity index (χ4v) is 2.53. The van der Waals surface area contributed by atoms with Crippen molar-refractivity contribution in [2.75, 3.05) is 5.43 Å². The third-order valence-corrected chi connectivity index (χ3v) is 3.74. The first-order valence-corrected chi connectivity index (χ1v) is 8.85. The van der Waals surface area contributed by atoms with Gasteiger partial charge in [-0.05, 0) is 48.8 Å². The van der Waals surface area contributed by atoms with Gasteiger partial charge in [-0.15, -0.1) is 4.79 Å². The molecule has 0 unspecified atom stereocenters. The quantitative estimate of drug-likeness (QED) is 0.571. The summed E-state index contributed by atoms with van der Waals surface area (Å²) in [6.07, 6.45) is 1.63. The molecule has 0 spiro atoms. The van der Waals surface area contributed by atoms with Gasteiger partial charge in [-0.1, -0.05) is 6.07 Å². The highest BCUT2D eigenvalue weighted by molar-refractivity contribution is 9.10. The number of amides is 1. The second-order valence-electron chi connectivity index (χ2n) is 6.64. The maximum Gasteiger partial charge on any atom is 0.428 e.